The number of hydrogen-bond donors (Lipinski definition) is 0. The van der Waals surface area contributed by atoms with Crippen molar-refractivity contribution in [2.75, 3.05) is 11.9 Å². The minimum absolute atomic E-state index is 0.162. The van der Waals surface area contributed by atoms with E-state index in [2.05, 4.69) is 0 Å². The lowest BCUT2D eigenvalue weighted by Crippen LogP contribution is -2.30. The monoisotopic (exact) mass is 262 g/mol. The number of nitro benzene ring substituents is 1. The van der Waals surface area contributed by atoms with E-state index in [0.29, 0.717) is 0 Å². The lowest BCUT2D eigenvalue weighted by Gasteiger charge is -2.18. The van der Waals surface area contributed by atoms with Crippen LogP contribution in [-0.2, 0) is 4.79 Å². The summed E-state index contributed by atoms with van der Waals surface area (Å²) in [5.74, 6) is -1.13. The van der Waals surface area contributed by atoms with Crippen LogP contribution >= 0.6 is 0 Å². The van der Waals surface area contributed by atoms with Gasteiger partial charge in [0, 0.05) is 24.9 Å². The van der Waals surface area contributed by atoms with Crippen LogP contribution in [0.15, 0.2) is 24.3 Å². The zero-order valence-corrected chi connectivity index (χ0v) is 9.27. The summed E-state index contributed by atoms with van der Waals surface area (Å²) < 4.78 is 36.0. The van der Waals surface area contributed by atoms with Gasteiger partial charge in [-0.1, -0.05) is 0 Å². The van der Waals surface area contributed by atoms with Gasteiger partial charge in [-0.2, -0.15) is 13.2 Å². The van der Waals surface area contributed by atoms with E-state index in [4.69, 9.17) is 0 Å². The molecule has 18 heavy (non-hydrogen) atoms. The lowest BCUT2D eigenvalue weighted by molar-refractivity contribution is -0.384. The molecule has 0 saturated carbocycles. The summed E-state index contributed by atoms with van der Waals surface area (Å²) in [6.45, 7) is 0. The van der Waals surface area contributed by atoms with Crippen molar-refractivity contribution in [3.8, 4) is 0 Å². The molecule has 1 amide bonds. The average molecular weight is 262 g/mol. The topological polar surface area (TPSA) is 63.5 Å². The molecule has 1 rings (SSSR count). The van der Waals surface area contributed by atoms with Gasteiger partial charge in [-0.15, -0.1) is 0 Å². The molecule has 5 nitrogen and oxygen atoms in total. The molecule has 0 unspecified atom stereocenters. The number of carbonyl (C=O) groups is 1. The smallest absolute Gasteiger partial charge is 0.315 e. The van der Waals surface area contributed by atoms with Crippen LogP contribution in [-0.4, -0.2) is 24.1 Å². The van der Waals surface area contributed by atoms with Gasteiger partial charge in [0.15, 0.2) is 0 Å². The summed E-state index contributed by atoms with van der Waals surface area (Å²) in [5.41, 5.74) is -0.0368. The van der Waals surface area contributed by atoms with Gasteiger partial charge in [0.1, 0.15) is 6.42 Å². The Bertz CT molecular complexity index is 456. The number of nitrogens with zero attached hydrogens (tertiary/aromatic N) is 2. The molecule has 0 aromatic heterocycles. The Morgan fingerprint density at radius 2 is 1.83 bits per heavy atom. The first-order valence-corrected chi connectivity index (χ1v) is 4.78. The van der Waals surface area contributed by atoms with E-state index in [1.807, 2.05) is 0 Å². The summed E-state index contributed by atoms with van der Waals surface area (Å²) in [6.07, 6.45) is -6.15. The molecule has 0 aliphatic carbocycles. The molecule has 0 radical (unpaired) electrons. The second-order valence-electron chi connectivity index (χ2n) is 3.52. The third-order valence-corrected chi connectivity index (χ3v) is 2.17. The quantitative estimate of drug-likeness (QED) is 0.621. The van der Waals surface area contributed by atoms with Crippen molar-refractivity contribution in [1.82, 2.24) is 0 Å². The van der Waals surface area contributed by atoms with Crippen molar-refractivity contribution >= 4 is 17.3 Å². The van der Waals surface area contributed by atoms with Crippen LogP contribution in [0.2, 0.25) is 0 Å². The zero-order chi connectivity index (χ0) is 13.9. The molecule has 0 bridgehead atoms. The highest BCUT2D eigenvalue weighted by Crippen LogP contribution is 2.23. The number of non-ortho nitro benzene ring substituents is 1. The molecule has 0 aliphatic rings. The van der Waals surface area contributed by atoms with Crippen molar-refractivity contribution in [2.45, 2.75) is 12.6 Å². The molecule has 1 aromatic rings. The Labute approximate surface area is 100.0 Å². The van der Waals surface area contributed by atoms with Crippen LogP contribution in [0.4, 0.5) is 24.5 Å². The number of carbonyl (C=O) groups excluding carboxylic acids is 1. The summed E-state index contributed by atoms with van der Waals surface area (Å²) in [5, 5.41) is 10.4. The average Bonchev–Trinajstić information content (AvgIpc) is 2.26. The molecular formula is C10H9F3N2O3. The largest absolute Gasteiger partial charge is 0.397 e. The number of rotatable bonds is 3. The molecule has 0 fully saturated rings. The maximum absolute atomic E-state index is 12.0. The van der Waals surface area contributed by atoms with E-state index < -0.39 is 23.4 Å². The van der Waals surface area contributed by atoms with Gasteiger partial charge in [0.2, 0.25) is 5.91 Å². The maximum atomic E-state index is 12.0. The van der Waals surface area contributed by atoms with Crippen LogP contribution in [0.25, 0.3) is 0 Å². The van der Waals surface area contributed by atoms with Crippen molar-refractivity contribution in [1.29, 1.82) is 0 Å². The molecule has 0 N–H and O–H groups in total. The fraction of sp³-hybridized carbons (Fsp3) is 0.300. The standard InChI is InChI=1S/C10H9F3N2O3/c1-14(9(16)6-10(11,12)13)7-2-4-8(5-3-7)15(17)18/h2-5H,6H2,1H3. The predicted octanol–water partition coefficient (Wildman–Crippen LogP) is 2.51. The summed E-state index contributed by atoms with van der Waals surface area (Å²) in [6, 6.07) is 4.66. The Morgan fingerprint density at radius 3 is 2.22 bits per heavy atom. The number of halogens is 3. The van der Waals surface area contributed by atoms with E-state index in [9.17, 15) is 28.1 Å². The maximum Gasteiger partial charge on any atom is 0.397 e. The number of amides is 1. The molecule has 0 heterocycles. The Balaban J connectivity index is 2.81. The second-order valence-corrected chi connectivity index (χ2v) is 3.52. The van der Waals surface area contributed by atoms with Crippen molar-refractivity contribution < 1.29 is 22.9 Å². The van der Waals surface area contributed by atoms with Gasteiger partial charge in [0.25, 0.3) is 5.69 Å². The van der Waals surface area contributed by atoms with Gasteiger partial charge in [-0.3, -0.25) is 14.9 Å². The first-order chi connectivity index (χ1) is 8.20. The predicted molar refractivity (Wildman–Crippen MR) is 57.2 cm³/mol. The molecule has 0 aliphatic heterocycles. The summed E-state index contributed by atoms with van der Waals surface area (Å²) in [4.78, 5) is 21.8. The van der Waals surface area contributed by atoms with Gasteiger partial charge in [-0.25, -0.2) is 0 Å². The van der Waals surface area contributed by atoms with Crippen LogP contribution < -0.4 is 4.90 Å². The normalized spacial score (nSPS) is 11.1. The Kier molecular flexibility index (Phi) is 3.89. The molecular weight excluding hydrogens is 253 g/mol. The van der Waals surface area contributed by atoms with Crippen molar-refractivity contribution in [2.24, 2.45) is 0 Å². The molecule has 8 heteroatoms. The van der Waals surface area contributed by atoms with Crippen LogP contribution in [0.1, 0.15) is 6.42 Å². The SMILES string of the molecule is CN(C(=O)CC(F)(F)F)c1ccc([N+](=O)[O-])cc1. The fourth-order valence-electron chi connectivity index (χ4n) is 1.23. The first-order valence-electron chi connectivity index (χ1n) is 4.78. The van der Waals surface area contributed by atoms with E-state index in [1.54, 1.807) is 0 Å². The molecule has 0 spiro atoms. The molecule has 98 valence electrons. The molecule has 0 saturated heterocycles. The highest BCUT2D eigenvalue weighted by atomic mass is 19.4. The number of alkyl halides is 3. The van der Waals surface area contributed by atoms with E-state index in [1.165, 1.54) is 19.2 Å². The van der Waals surface area contributed by atoms with Crippen LogP contribution in [0, 0.1) is 10.1 Å². The van der Waals surface area contributed by atoms with Crippen molar-refractivity contribution in [3.05, 3.63) is 34.4 Å². The third-order valence-electron chi connectivity index (χ3n) is 2.17. The van der Waals surface area contributed by atoms with Gasteiger partial charge in [0.05, 0.1) is 4.92 Å². The number of anilines is 1. The highest BCUT2D eigenvalue weighted by molar-refractivity contribution is 5.93. The molecule has 1 aromatic carbocycles. The van der Waals surface area contributed by atoms with Crippen LogP contribution in [0.5, 0.6) is 0 Å². The first kappa shape index (κ1) is 13.9. The van der Waals surface area contributed by atoms with E-state index in [0.717, 1.165) is 17.0 Å². The van der Waals surface area contributed by atoms with E-state index >= 15 is 0 Å². The number of hydrogen-bond acceptors (Lipinski definition) is 3. The fourth-order valence-corrected chi connectivity index (χ4v) is 1.23. The minimum atomic E-state index is -4.58. The summed E-state index contributed by atoms with van der Waals surface area (Å²) in [7, 11) is 1.18. The third kappa shape index (κ3) is 3.72. The Morgan fingerprint density at radius 1 is 1.33 bits per heavy atom. The van der Waals surface area contributed by atoms with Crippen LogP contribution in [0.3, 0.4) is 0 Å². The minimum Gasteiger partial charge on any atom is -0.315 e. The Hall–Kier alpha value is -2.12. The lowest BCUT2D eigenvalue weighted by atomic mass is 10.2. The molecule has 0 atom stereocenters. The summed E-state index contributed by atoms with van der Waals surface area (Å²) >= 11 is 0. The van der Waals surface area contributed by atoms with Crippen molar-refractivity contribution in [3.63, 3.8) is 0 Å². The number of benzene rings is 1. The second kappa shape index (κ2) is 5.03. The number of nitro groups is 1. The van der Waals surface area contributed by atoms with Gasteiger partial charge < -0.3 is 4.90 Å². The zero-order valence-electron chi connectivity index (χ0n) is 9.27. The van der Waals surface area contributed by atoms with Gasteiger partial charge >= 0.3 is 6.18 Å². The van der Waals surface area contributed by atoms with Gasteiger partial charge in [-0.05, 0) is 12.1 Å². The van der Waals surface area contributed by atoms with E-state index in [-0.39, 0.29) is 11.4 Å². The highest BCUT2D eigenvalue weighted by Gasteiger charge is 2.33.